The molecule has 1 N–H and O–H groups in total. The smallest absolute Gasteiger partial charge is 0.0524 e. The van der Waals surface area contributed by atoms with Gasteiger partial charge in [-0.2, -0.15) is 0 Å². The van der Waals surface area contributed by atoms with Gasteiger partial charge in [-0.05, 0) is 33.1 Å². The first-order chi connectivity index (χ1) is 5.93. The summed E-state index contributed by atoms with van der Waals surface area (Å²) in [5.74, 6) is 0.705. The van der Waals surface area contributed by atoms with E-state index in [1.807, 2.05) is 6.92 Å². The van der Waals surface area contributed by atoms with Crippen LogP contribution in [0.1, 0.15) is 41.0 Å². The van der Waals surface area contributed by atoms with Gasteiger partial charge in [0.25, 0.3) is 0 Å². The van der Waals surface area contributed by atoms with Gasteiger partial charge in [0.15, 0.2) is 0 Å². The minimum absolute atomic E-state index is 0.173. The standard InChI is InChI=1S/C11H25NO/c1-9(2)8-12(10(3)4)7-6-11(5)13/h9-11,13H,6-8H2,1-5H3. The van der Waals surface area contributed by atoms with E-state index < -0.39 is 0 Å². The summed E-state index contributed by atoms with van der Waals surface area (Å²) in [5.41, 5.74) is 0. The summed E-state index contributed by atoms with van der Waals surface area (Å²) in [6.07, 6.45) is 0.707. The van der Waals surface area contributed by atoms with Crippen LogP contribution in [-0.2, 0) is 0 Å². The van der Waals surface area contributed by atoms with Crippen molar-refractivity contribution in [3.8, 4) is 0 Å². The number of aliphatic hydroxyl groups excluding tert-OH is 1. The van der Waals surface area contributed by atoms with E-state index in [4.69, 9.17) is 0 Å². The van der Waals surface area contributed by atoms with Crippen LogP contribution in [0.25, 0.3) is 0 Å². The number of hydrogen-bond donors (Lipinski definition) is 1. The van der Waals surface area contributed by atoms with Crippen LogP contribution in [0, 0.1) is 5.92 Å². The normalized spacial score (nSPS) is 14.5. The number of aliphatic hydroxyl groups is 1. The Morgan fingerprint density at radius 3 is 1.92 bits per heavy atom. The van der Waals surface area contributed by atoms with Gasteiger partial charge in [-0.1, -0.05) is 13.8 Å². The van der Waals surface area contributed by atoms with E-state index >= 15 is 0 Å². The van der Waals surface area contributed by atoms with Gasteiger partial charge in [0.05, 0.1) is 6.10 Å². The molecule has 0 heterocycles. The maximum atomic E-state index is 9.19. The highest BCUT2D eigenvalue weighted by Crippen LogP contribution is 2.06. The molecule has 0 radical (unpaired) electrons. The van der Waals surface area contributed by atoms with Crippen LogP contribution in [0.4, 0.5) is 0 Å². The molecule has 0 amide bonds. The molecule has 0 spiro atoms. The van der Waals surface area contributed by atoms with Crippen LogP contribution in [-0.4, -0.2) is 35.2 Å². The van der Waals surface area contributed by atoms with Crippen molar-refractivity contribution >= 4 is 0 Å². The number of hydrogen-bond acceptors (Lipinski definition) is 2. The van der Waals surface area contributed by atoms with Crippen LogP contribution < -0.4 is 0 Å². The first-order valence-electron chi connectivity index (χ1n) is 5.35. The van der Waals surface area contributed by atoms with Gasteiger partial charge in [-0.3, -0.25) is 0 Å². The fourth-order valence-electron chi connectivity index (χ4n) is 1.38. The van der Waals surface area contributed by atoms with Gasteiger partial charge in [0, 0.05) is 19.1 Å². The molecule has 0 aliphatic heterocycles. The Kier molecular flexibility index (Phi) is 6.35. The zero-order valence-electron chi connectivity index (χ0n) is 9.75. The molecule has 0 aromatic rings. The molecule has 0 fully saturated rings. The third-order valence-corrected chi connectivity index (χ3v) is 2.16. The largest absolute Gasteiger partial charge is 0.393 e. The number of rotatable bonds is 6. The molecule has 0 aliphatic rings. The van der Waals surface area contributed by atoms with Crippen LogP contribution in [0.2, 0.25) is 0 Å². The van der Waals surface area contributed by atoms with Crippen molar-refractivity contribution in [3.05, 3.63) is 0 Å². The van der Waals surface area contributed by atoms with Gasteiger partial charge in [0.1, 0.15) is 0 Å². The fourth-order valence-corrected chi connectivity index (χ4v) is 1.38. The summed E-state index contributed by atoms with van der Waals surface area (Å²) in [5, 5.41) is 9.19. The van der Waals surface area contributed by atoms with Crippen LogP contribution in [0.3, 0.4) is 0 Å². The predicted molar refractivity (Wildman–Crippen MR) is 57.8 cm³/mol. The highest BCUT2D eigenvalue weighted by atomic mass is 16.3. The number of nitrogens with zero attached hydrogens (tertiary/aromatic N) is 1. The summed E-state index contributed by atoms with van der Waals surface area (Å²) in [4.78, 5) is 2.43. The Morgan fingerprint density at radius 1 is 1.08 bits per heavy atom. The molecule has 0 aromatic heterocycles. The quantitative estimate of drug-likeness (QED) is 0.688. The molecule has 1 unspecified atom stereocenters. The molecular weight excluding hydrogens is 162 g/mol. The molecule has 0 saturated heterocycles. The zero-order valence-corrected chi connectivity index (χ0v) is 9.75. The Labute approximate surface area is 82.9 Å². The minimum Gasteiger partial charge on any atom is -0.393 e. The molecule has 0 aromatic carbocycles. The van der Waals surface area contributed by atoms with E-state index in [0.717, 1.165) is 19.5 Å². The molecule has 1 atom stereocenters. The average Bonchev–Trinajstić information content (AvgIpc) is 1.96. The minimum atomic E-state index is -0.173. The van der Waals surface area contributed by atoms with Crippen LogP contribution >= 0.6 is 0 Å². The second-order valence-electron chi connectivity index (χ2n) is 4.62. The van der Waals surface area contributed by atoms with Gasteiger partial charge in [0.2, 0.25) is 0 Å². The van der Waals surface area contributed by atoms with Crippen molar-refractivity contribution < 1.29 is 5.11 Å². The molecule has 13 heavy (non-hydrogen) atoms. The van der Waals surface area contributed by atoms with Crippen molar-refractivity contribution in [1.29, 1.82) is 0 Å². The molecule has 2 nitrogen and oxygen atoms in total. The summed E-state index contributed by atoms with van der Waals surface area (Å²) in [7, 11) is 0. The zero-order chi connectivity index (χ0) is 10.4. The van der Waals surface area contributed by atoms with Crippen molar-refractivity contribution in [3.63, 3.8) is 0 Å². The third kappa shape index (κ3) is 7.03. The Hall–Kier alpha value is -0.0800. The SMILES string of the molecule is CC(C)CN(CCC(C)O)C(C)C. The monoisotopic (exact) mass is 187 g/mol. The second-order valence-corrected chi connectivity index (χ2v) is 4.62. The lowest BCUT2D eigenvalue weighted by molar-refractivity contribution is 0.134. The highest BCUT2D eigenvalue weighted by molar-refractivity contribution is 4.65. The lowest BCUT2D eigenvalue weighted by Crippen LogP contribution is -2.36. The van der Waals surface area contributed by atoms with E-state index in [1.54, 1.807) is 0 Å². The van der Waals surface area contributed by atoms with Crippen LogP contribution in [0.15, 0.2) is 0 Å². The summed E-state index contributed by atoms with van der Waals surface area (Å²) in [6.45, 7) is 12.9. The highest BCUT2D eigenvalue weighted by Gasteiger charge is 2.11. The summed E-state index contributed by atoms with van der Waals surface area (Å²) in [6, 6.07) is 0.584. The Bertz CT molecular complexity index is 121. The molecule has 80 valence electrons. The van der Waals surface area contributed by atoms with Gasteiger partial charge in [-0.25, -0.2) is 0 Å². The lowest BCUT2D eigenvalue weighted by Gasteiger charge is -2.28. The molecule has 0 saturated carbocycles. The van der Waals surface area contributed by atoms with Gasteiger partial charge >= 0.3 is 0 Å². The van der Waals surface area contributed by atoms with Crippen LogP contribution in [0.5, 0.6) is 0 Å². The average molecular weight is 187 g/mol. The van der Waals surface area contributed by atoms with Crippen molar-refractivity contribution in [2.45, 2.75) is 53.2 Å². The van der Waals surface area contributed by atoms with Gasteiger partial charge < -0.3 is 10.0 Å². The molecule has 2 heteroatoms. The first-order valence-corrected chi connectivity index (χ1v) is 5.35. The van der Waals surface area contributed by atoms with Crippen molar-refractivity contribution in [2.24, 2.45) is 5.92 Å². The fraction of sp³-hybridized carbons (Fsp3) is 1.00. The summed E-state index contributed by atoms with van der Waals surface area (Å²) >= 11 is 0. The first kappa shape index (κ1) is 12.9. The van der Waals surface area contributed by atoms with E-state index in [1.165, 1.54) is 0 Å². The Morgan fingerprint density at radius 2 is 1.62 bits per heavy atom. The van der Waals surface area contributed by atoms with E-state index in [-0.39, 0.29) is 6.10 Å². The molecule has 0 aliphatic carbocycles. The maximum Gasteiger partial charge on any atom is 0.0524 e. The molecular formula is C11H25NO. The maximum absolute atomic E-state index is 9.19. The Balaban J connectivity index is 3.81. The predicted octanol–water partition coefficient (Wildman–Crippen LogP) is 2.12. The van der Waals surface area contributed by atoms with Crippen molar-refractivity contribution in [1.82, 2.24) is 4.90 Å². The molecule has 0 bridgehead atoms. The van der Waals surface area contributed by atoms with Gasteiger partial charge in [-0.15, -0.1) is 0 Å². The van der Waals surface area contributed by atoms with E-state index in [9.17, 15) is 5.11 Å². The molecule has 0 rings (SSSR count). The lowest BCUT2D eigenvalue weighted by atomic mass is 10.1. The third-order valence-electron chi connectivity index (χ3n) is 2.16. The van der Waals surface area contributed by atoms with Crippen molar-refractivity contribution in [2.75, 3.05) is 13.1 Å². The van der Waals surface area contributed by atoms with E-state index in [2.05, 4.69) is 32.6 Å². The summed E-state index contributed by atoms with van der Waals surface area (Å²) < 4.78 is 0. The van der Waals surface area contributed by atoms with E-state index in [0.29, 0.717) is 12.0 Å². The topological polar surface area (TPSA) is 23.5 Å². The second kappa shape index (κ2) is 6.39.